The van der Waals surface area contributed by atoms with Crippen molar-refractivity contribution >= 4 is 42.1 Å². The van der Waals surface area contributed by atoms with E-state index in [1.165, 1.54) is 42.7 Å². The lowest BCUT2D eigenvalue weighted by atomic mass is 9.84. The molecule has 0 spiro atoms. The molecule has 1 unspecified atom stereocenters. The van der Waals surface area contributed by atoms with E-state index < -0.39 is 0 Å². The smallest absolute Gasteiger partial charge is 0.222 e. The quantitative estimate of drug-likeness (QED) is 0.805. The maximum atomic E-state index is 12.5. The molecule has 2 heterocycles. The lowest BCUT2D eigenvalue weighted by Gasteiger charge is -2.29. The fourth-order valence-electron chi connectivity index (χ4n) is 3.78. The lowest BCUT2D eigenvalue weighted by molar-refractivity contribution is -0.131. The number of aromatic nitrogens is 1. The van der Waals surface area contributed by atoms with Gasteiger partial charge in [0.1, 0.15) is 5.01 Å². The Bertz CT molecular complexity index is 523. The van der Waals surface area contributed by atoms with Gasteiger partial charge in [-0.3, -0.25) is 4.79 Å². The van der Waals surface area contributed by atoms with E-state index in [9.17, 15) is 4.79 Å². The van der Waals surface area contributed by atoms with E-state index in [-0.39, 0.29) is 30.7 Å². The molecule has 1 amide bonds. The van der Waals surface area contributed by atoms with Gasteiger partial charge in [-0.05, 0) is 63.5 Å². The molecule has 3 rings (SSSR count). The van der Waals surface area contributed by atoms with Crippen molar-refractivity contribution < 1.29 is 4.79 Å². The zero-order valence-electron chi connectivity index (χ0n) is 15.3. The number of halogens is 2. The van der Waals surface area contributed by atoms with Crippen LogP contribution in [0.1, 0.15) is 54.6 Å². The Morgan fingerprint density at radius 1 is 1.28 bits per heavy atom. The Morgan fingerprint density at radius 3 is 2.64 bits per heavy atom. The molecule has 144 valence electrons. The van der Waals surface area contributed by atoms with E-state index >= 15 is 0 Å². The maximum Gasteiger partial charge on any atom is 0.222 e. The van der Waals surface area contributed by atoms with E-state index in [2.05, 4.69) is 12.2 Å². The number of fused-ring (bicyclic) bond motifs is 1. The number of rotatable bonds is 5. The zero-order chi connectivity index (χ0) is 16.2. The molecule has 1 aromatic rings. The van der Waals surface area contributed by atoms with Gasteiger partial charge in [0, 0.05) is 18.3 Å². The summed E-state index contributed by atoms with van der Waals surface area (Å²) in [5.41, 5.74) is 1.29. The van der Waals surface area contributed by atoms with Crippen LogP contribution in [-0.4, -0.2) is 35.9 Å². The molecule has 0 radical (unpaired) electrons. The summed E-state index contributed by atoms with van der Waals surface area (Å²) in [4.78, 5) is 20.6. The molecule has 0 saturated carbocycles. The molecule has 1 atom stereocenters. The number of hydrogen-bond donors (Lipinski definition) is 1. The first-order valence-corrected chi connectivity index (χ1v) is 9.87. The minimum Gasteiger partial charge on any atom is -0.339 e. The van der Waals surface area contributed by atoms with Crippen molar-refractivity contribution in [2.75, 3.05) is 20.1 Å². The van der Waals surface area contributed by atoms with Crippen molar-refractivity contribution in [1.82, 2.24) is 15.2 Å². The summed E-state index contributed by atoms with van der Waals surface area (Å²) in [5.74, 6) is 1.45. The first-order valence-electron chi connectivity index (χ1n) is 9.05. The third-order valence-corrected chi connectivity index (χ3v) is 6.52. The highest BCUT2D eigenvalue weighted by atomic mass is 35.5. The highest BCUT2D eigenvalue weighted by Gasteiger charge is 2.24. The zero-order valence-corrected chi connectivity index (χ0v) is 17.7. The van der Waals surface area contributed by atoms with Gasteiger partial charge in [-0.15, -0.1) is 36.2 Å². The standard InChI is InChI=1S/C18H29N3OS.2ClH/c1-13(14-7-9-19-10-8-14)11-18(22)21(2)12-17-20-15-5-3-4-6-16(15)23-17;;/h13-14,19H,3-12H2,1-2H3;2*1H. The lowest BCUT2D eigenvalue weighted by Crippen LogP contribution is -2.34. The minimum absolute atomic E-state index is 0. The largest absolute Gasteiger partial charge is 0.339 e. The fraction of sp³-hybridized carbons (Fsp3) is 0.778. The predicted octanol–water partition coefficient (Wildman–Crippen LogP) is 3.85. The number of nitrogens with zero attached hydrogens (tertiary/aromatic N) is 2. The molecule has 1 fully saturated rings. The first-order chi connectivity index (χ1) is 11.1. The van der Waals surface area contributed by atoms with Crippen molar-refractivity contribution in [2.24, 2.45) is 11.8 Å². The Morgan fingerprint density at radius 2 is 1.96 bits per heavy atom. The van der Waals surface area contributed by atoms with Crippen LogP contribution in [0.25, 0.3) is 0 Å². The molecule has 4 nitrogen and oxygen atoms in total. The highest BCUT2D eigenvalue weighted by Crippen LogP contribution is 2.28. The normalized spacial score (nSPS) is 18.5. The van der Waals surface area contributed by atoms with Gasteiger partial charge in [-0.2, -0.15) is 0 Å². The molecule has 7 heteroatoms. The van der Waals surface area contributed by atoms with Crippen LogP contribution in [0, 0.1) is 11.8 Å². The number of carbonyl (C=O) groups is 1. The van der Waals surface area contributed by atoms with Crippen molar-refractivity contribution in [3.05, 3.63) is 15.6 Å². The molecule has 1 saturated heterocycles. The summed E-state index contributed by atoms with van der Waals surface area (Å²) < 4.78 is 0. The van der Waals surface area contributed by atoms with Crippen LogP contribution in [0.2, 0.25) is 0 Å². The van der Waals surface area contributed by atoms with E-state index in [0.29, 0.717) is 24.8 Å². The molecule has 2 aliphatic rings. The van der Waals surface area contributed by atoms with Crippen LogP contribution >= 0.6 is 36.2 Å². The van der Waals surface area contributed by atoms with Crippen molar-refractivity contribution in [2.45, 2.75) is 58.4 Å². The Balaban J connectivity index is 0.00000156. The molecular formula is C18H31Cl2N3OS. The number of amides is 1. The number of hydrogen-bond acceptors (Lipinski definition) is 4. The second-order valence-corrected chi connectivity index (χ2v) is 8.37. The average molecular weight is 408 g/mol. The average Bonchev–Trinajstić information content (AvgIpc) is 2.97. The molecule has 1 N–H and O–H groups in total. The second-order valence-electron chi connectivity index (χ2n) is 7.20. The van der Waals surface area contributed by atoms with Gasteiger partial charge in [-0.25, -0.2) is 4.98 Å². The molecule has 1 aliphatic carbocycles. The van der Waals surface area contributed by atoms with Crippen LogP contribution in [0.3, 0.4) is 0 Å². The third kappa shape index (κ3) is 6.09. The summed E-state index contributed by atoms with van der Waals surface area (Å²) >= 11 is 1.81. The van der Waals surface area contributed by atoms with Crippen LogP contribution in [0.15, 0.2) is 0 Å². The van der Waals surface area contributed by atoms with Gasteiger partial charge in [0.15, 0.2) is 0 Å². The summed E-state index contributed by atoms with van der Waals surface area (Å²) in [6, 6.07) is 0. The third-order valence-electron chi connectivity index (χ3n) is 5.37. The SMILES string of the molecule is CC(CC(=O)N(C)Cc1nc2c(s1)CCCC2)C1CCNCC1.Cl.Cl. The Hall–Kier alpha value is -0.360. The summed E-state index contributed by atoms with van der Waals surface area (Å²) in [5, 5.41) is 4.51. The number of aryl methyl sites for hydroxylation is 2. The highest BCUT2D eigenvalue weighted by molar-refractivity contribution is 7.11. The topological polar surface area (TPSA) is 45.2 Å². The number of thiazole rings is 1. The Labute approximate surface area is 168 Å². The fourth-order valence-corrected chi connectivity index (χ4v) is 4.99. The number of nitrogens with one attached hydrogen (secondary N) is 1. The molecule has 25 heavy (non-hydrogen) atoms. The molecule has 0 bridgehead atoms. The van der Waals surface area contributed by atoms with E-state index in [1.807, 2.05) is 23.3 Å². The molecule has 1 aromatic heterocycles. The number of carbonyl (C=O) groups excluding carboxylic acids is 1. The van der Waals surface area contributed by atoms with Crippen molar-refractivity contribution in [3.8, 4) is 0 Å². The van der Waals surface area contributed by atoms with Crippen LogP contribution in [0.4, 0.5) is 0 Å². The van der Waals surface area contributed by atoms with Gasteiger partial charge in [0.25, 0.3) is 0 Å². The molecule has 1 aliphatic heterocycles. The van der Waals surface area contributed by atoms with Crippen LogP contribution in [-0.2, 0) is 24.2 Å². The van der Waals surface area contributed by atoms with Crippen molar-refractivity contribution in [3.63, 3.8) is 0 Å². The van der Waals surface area contributed by atoms with Gasteiger partial charge in [0.05, 0.1) is 12.2 Å². The first kappa shape index (κ1) is 22.7. The van der Waals surface area contributed by atoms with Gasteiger partial charge < -0.3 is 10.2 Å². The predicted molar refractivity (Wildman–Crippen MR) is 109 cm³/mol. The molecular weight excluding hydrogens is 377 g/mol. The molecule has 0 aromatic carbocycles. The van der Waals surface area contributed by atoms with E-state index in [0.717, 1.165) is 24.5 Å². The van der Waals surface area contributed by atoms with Gasteiger partial charge in [0.2, 0.25) is 5.91 Å². The maximum absolute atomic E-state index is 12.5. The summed E-state index contributed by atoms with van der Waals surface area (Å²) in [6.45, 7) is 5.12. The van der Waals surface area contributed by atoms with Gasteiger partial charge in [-0.1, -0.05) is 6.92 Å². The van der Waals surface area contributed by atoms with Crippen molar-refractivity contribution in [1.29, 1.82) is 0 Å². The van der Waals surface area contributed by atoms with E-state index in [1.54, 1.807) is 0 Å². The monoisotopic (exact) mass is 407 g/mol. The van der Waals surface area contributed by atoms with Crippen LogP contribution in [0.5, 0.6) is 0 Å². The van der Waals surface area contributed by atoms with E-state index in [4.69, 9.17) is 4.98 Å². The van der Waals surface area contributed by atoms with Crippen LogP contribution < -0.4 is 5.32 Å². The number of piperidine rings is 1. The van der Waals surface area contributed by atoms with Gasteiger partial charge >= 0.3 is 0 Å². The Kier molecular flexibility index (Phi) is 9.71. The second kappa shape index (κ2) is 10.7. The summed E-state index contributed by atoms with van der Waals surface area (Å²) in [6.07, 6.45) is 7.94. The summed E-state index contributed by atoms with van der Waals surface area (Å²) in [7, 11) is 1.93. The minimum atomic E-state index is 0.